The van der Waals surface area contributed by atoms with E-state index in [1.54, 1.807) is 7.11 Å². The van der Waals surface area contributed by atoms with Gasteiger partial charge in [-0.3, -0.25) is 4.79 Å². The molecule has 1 N–H and O–H groups in total. The van der Waals surface area contributed by atoms with Gasteiger partial charge >= 0.3 is 5.97 Å². The lowest BCUT2D eigenvalue weighted by Crippen LogP contribution is -2.36. The molecule has 4 rings (SSSR count). The van der Waals surface area contributed by atoms with Crippen LogP contribution >= 0.6 is 0 Å². The van der Waals surface area contributed by atoms with Crippen molar-refractivity contribution in [2.24, 2.45) is 11.3 Å². The van der Waals surface area contributed by atoms with Crippen molar-refractivity contribution >= 4 is 5.97 Å². The van der Waals surface area contributed by atoms with Crippen molar-refractivity contribution < 1.29 is 14.6 Å². The topological polar surface area (TPSA) is 46.5 Å². The zero-order valence-electron chi connectivity index (χ0n) is 14.3. The molecule has 0 bridgehead atoms. The lowest BCUT2D eigenvalue weighted by atomic mass is 9.57. The van der Waals surface area contributed by atoms with Crippen LogP contribution in [0.3, 0.4) is 0 Å². The molecule has 1 fully saturated rings. The third-order valence-electron chi connectivity index (χ3n) is 6.47. The summed E-state index contributed by atoms with van der Waals surface area (Å²) in [4.78, 5) is 11.2. The van der Waals surface area contributed by atoms with Crippen LogP contribution in [0.15, 0.2) is 41.5 Å². The summed E-state index contributed by atoms with van der Waals surface area (Å²) in [6.45, 7) is 2.25. The molecule has 1 aromatic rings. The average Bonchev–Trinajstić information content (AvgIpc) is 2.90. The second-order valence-electron chi connectivity index (χ2n) is 7.57. The number of carboxylic acid groups (broad SMARTS) is 1. The van der Waals surface area contributed by atoms with Crippen LogP contribution in [0.5, 0.6) is 5.75 Å². The Kier molecular flexibility index (Phi) is 3.56. The first-order valence-electron chi connectivity index (χ1n) is 8.83. The van der Waals surface area contributed by atoms with Crippen LogP contribution in [0.1, 0.15) is 49.7 Å². The number of carbonyl (C=O) groups is 1. The molecule has 1 saturated carbocycles. The molecular formula is C21H24O3. The molecule has 0 spiro atoms. The Bertz CT molecular complexity index is 758. The molecule has 24 heavy (non-hydrogen) atoms. The first-order chi connectivity index (χ1) is 11.5. The molecule has 0 amide bonds. The van der Waals surface area contributed by atoms with Gasteiger partial charge in [-0.05, 0) is 66.4 Å². The van der Waals surface area contributed by atoms with E-state index in [2.05, 4.69) is 37.3 Å². The molecule has 0 saturated heterocycles. The van der Waals surface area contributed by atoms with Crippen LogP contribution in [-0.4, -0.2) is 18.2 Å². The second kappa shape index (κ2) is 5.51. The molecule has 3 aliphatic carbocycles. The predicted molar refractivity (Wildman–Crippen MR) is 93.3 cm³/mol. The van der Waals surface area contributed by atoms with Crippen LogP contribution in [0, 0.1) is 11.3 Å². The summed E-state index contributed by atoms with van der Waals surface area (Å²) in [5.41, 5.74) is 5.42. The zero-order chi connectivity index (χ0) is 16.9. The Hall–Kier alpha value is -2.03. The highest BCUT2D eigenvalue weighted by Crippen LogP contribution is 2.59. The minimum absolute atomic E-state index is 0.0382. The number of methoxy groups -OCH3 is 1. The van der Waals surface area contributed by atoms with Gasteiger partial charge < -0.3 is 9.84 Å². The maximum Gasteiger partial charge on any atom is 0.307 e. The predicted octanol–water partition coefficient (Wildman–Crippen LogP) is 4.48. The van der Waals surface area contributed by atoms with Crippen molar-refractivity contribution in [2.75, 3.05) is 7.11 Å². The van der Waals surface area contributed by atoms with Crippen molar-refractivity contribution in [1.82, 2.24) is 0 Å². The van der Waals surface area contributed by atoms with Crippen LogP contribution in [0.2, 0.25) is 0 Å². The largest absolute Gasteiger partial charge is 0.497 e. The van der Waals surface area contributed by atoms with Crippen LogP contribution in [-0.2, 0) is 11.2 Å². The Labute approximate surface area is 143 Å². The SMILES string of the molecule is COc1ccc2c(c1)CC[C@H]1C3=CC=C(CC(=O)O)[C@@]3(C)CC[C@H]21. The summed E-state index contributed by atoms with van der Waals surface area (Å²) < 4.78 is 5.38. The Morgan fingerprint density at radius 3 is 2.88 bits per heavy atom. The number of hydrogen-bond donors (Lipinski definition) is 1. The molecule has 0 unspecified atom stereocenters. The molecule has 3 atom stereocenters. The van der Waals surface area contributed by atoms with Gasteiger partial charge in [0.25, 0.3) is 0 Å². The summed E-state index contributed by atoms with van der Waals surface area (Å²) in [6.07, 6.45) is 8.88. The van der Waals surface area contributed by atoms with Gasteiger partial charge in [0.1, 0.15) is 5.75 Å². The molecule has 3 aliphatic rings. The van der Waals surface area contributed by atoms with E-state index in [1.807, 2.05) is 0 Å². The molecule has 0 aromatic heterocycles. The highest BCUT2D eigenvalue weighted by molar-refractivity contribution is 5.72. The van der Waals surface area contributed by atoms with Gasteiger partial charge in [0, 0.05) is 5.41 Å². The van der Waals surface area contributed by atoms with Gasteiger partial charge in [0.15, 0.2) is 0 Å². The average molecular weight is 324 g/mol. The Balaban J connectivity index is 1.65. The molecule has 0 aliphatic heterocycles. The van der Waals surface area contributed by atoms with Crippen LogP contribution in [0.4, 0.5) is 0 Å². The summed E-state index contributed by atoms with van der Waals surface area (Å²) in [5.74, 6) is 1.34. The third kappa shape index (κ3) is 2.21. The molecule has 0 radical (unpaired) electrons. The number of carboxylic acids is 1. The molecule has 126 valence electrons. The van der Waals surface area contributed by atoms with Gasteiger partial charge in [-0.15, -0.1) is 0 Å². The van der Waals surface area contributed by atoms with E-state index in [1.165, 1.54) is 16.7 Å². The van der Waals surface area contributed by atoms with Crippen molar-refractivity contribution in [3.63, 3.8) is 0 Å². The van der Waals surface area contributed by atoms with Crippen molar-refractivity contribution in [3.8, 4) is 5.75 Å². The number of benzene rings is 1. The number of aliphatic carboxylic acids is 1. The Morgan fingerprint density at radius 1 is 1.29 bits per heavy atom. The maximum absolute atomic E-state index is 11.2. The molecular weight excluding hydrogens is 300 g/mol. The first-order valence-corrected chi connectivity index (χ1v) is 8.83. The van der Waals surface area contributed by atoms with Crippen LogP contribution in [0.25, 0.3) is 0 Å². The maximum atomic E-state index is 11.2. The quantitative estimate of drug-likeness (QED) is 0.891. The smallest absolute Gasteiger partial charge is 0.307 e. The van der Waals surface area contributed by atoms with E-state index in [0.29, 0.717) is 11.8 Å². The molecule has 3 nitrogen and oxygen atoms in total. The van der Waals surface area contributed by atoms with E-state index in [4.69, 9.17) is 4.74 Å². The summed E-state index contributed by atoms with van der Waals surface area (Å²) in [5, 5.41) is 9.21. The standard InChI is InChI=1S/C21H24O3/c1-21-10-9-17-16-7-5-15(24-2)11-13(16)3-6-18(17)19(21)8-4-14(21)12-20(22)23/h4-5,7-8,11,17-18H,3,6,9-10,12H2,1-2H3,(H,22,23)/t17-,18-,21-/m1/s1. The highest BCUT2D eigenvalue weighted by atomic mass is 16.5. The van der Waals surface area contributed by atoms with Crippen molar-refractivity contribution in [1.29, 1.82) is 0 Å². The van der Waals surface area contributed by atoms with Crippen molar-refractivity contribution in [3.05, 3.63) is 52.6 Å². The van der Waals surface area contributed by atoms with E-state index in [9.17, 15) is 9.90 Å². The fourth-order valence-corrected chi connectivity index (χ4v) is 5.19. The number of allylic oxidation sites excluding steroid dienone is 3. The van der Waals surface area contributed by atoms with Gasteiger partial charge in [0.05, 0.1) is 13.5 Å². The van der Waals surface area contributed by atoms with E-state index in [0.717, 1.165) is 37.0 Å². The molecule has 1 aromatic carbocycles. The summed E-state index contributed by atoms with van der Waals surface area (Å²) >= 11 is 0. The van der Waals surface area contributed by atoms with Gasteiger partial charge in [-0.25, -0.2) is 0 Å². The minimum Gasteiger partial charge on any atom is -0.497 e. The van der Waals surface area contributed by atoms with E-state index in [-0.39, 0.29) is 11.8 Å². The number of fused-ring (bicyclic) bond motifs is 5. The monoisotopic (exact) mass is 324 g/mol. The second-order valence-corrected chi connectivity index (χ2v) is 7.57. The number of hydrogen-bond acceptors (Lipinski definition) is 2. The number of aryl methyl sites for hydroxylation is 1. The van der Waals surface area contributed by atoms with Gasteiger partial charge in [0.2, 0.25) is 0 Å². The molecule has 0 heterocycles. The zero-order valence-corrected chi connectivity index (χ0v) is 14.3. The fourth-order valence-electron chi connectivity index (χ4n) is 5.19. The lowest BCUT2D eigenvalue weighted by Gasteiger charge is -2.47. The summed E-state index contributed by atoms with van der Waals surface area (Å²) in [7, 11) is 1.72. The molecule has 3 heteroatoms. The third-order valence-corrected chi connectivity index (χ3v) is 6.47. The number of rotatable bonds is 3. The van der Waals surface area contributed by atoms with Crippen LogP contribution < -0.4 is 4.74 Å². The minimum atomic E-state index is -0.722. The Morgan fingerprint density at radius 2 is 2.12 bits per heavy atom. The normalized spacial score (nSPS) is 30.6. The summed E-state index contributed by atoms with van der Waals surface area (Å²) in [6, 6.07) is 6.51. The van der Waals surface area contributed by atoms with E-state index >= 15 is 0 Å². The first kappa shape index (κ1) is 15.5. The lowest BCUT2D eigenvalue weighted by molar-refractivity contribution is -0.136. The van der Waals surface area contributed by atoms with Gasteiger partial charge in [-0.1, -0.05) is 30.7 Å². The fraction of sp³-hybridized carbons (Fsp3) is 0.476. The van der Waals surface area contributed by atoms with E-state index < -0.39 is 5.97 Å². The number of ether oxygens (including phenoxy) is 1. The van der Waals surface area contributed by atoms with Gasteiger partial charge in [-0.2, -0.15) is 0 Å². The highest BCUT2D eigenvalue weighted by Gasteiger charge is 2.47. The van der Waals surface area contributed by atoms with Crippen molar-refractivity contribution in [2.45, 2.75) is 44.9 Å².